The van der Waals surface area contributed by atoms with Crippen molar-refractivity contribution in [3.8, 4) is 0 Å². The Labute approximate surface area is 142 Å². The van der Waals surface area contributed by atoms with Crippen LogP contribution in [0.2, 0.25) is 0 Å². The zero-order valence-electron chi connectivity index (χ0n) is 11.0. The smallest absolute Gasteiger partial charge is 0.719 e. The molecule has 0 spiro atoms. The molecule has 104 valence electrons. The van der Waals surface area contributed by atoms with Gasteiger partial charge >= 0.3 is 35.7 Å². The van der Waals surface area contributed by atoms with E-state index in [4.69, 9.17) is 0 Å². The number of nitrogens with zero attached hydrogens (tertiary/aromatic N) is 2. The zero-order chi connectivity index (χ0) is 14.0. The van der Waals surface area contributed by atoms with Gasteiger partial charge in [-0.3, -0.25) is 0 Å². The number of piperazine rings is 1. The van der Waals surface area contributed by atoms with Gasteiger partial charge in [0.25, 0.3) is 0 Å². The molecule has 1 aliphatic rings. The van der Waals surface area contributed by atoms with E-state index in [1.807, 2.05) is 4.90 Å². The van der Waals surface area contributed by atoms with Gasteiger partial charge in [-0.05, 0) is 24.3 Å². The molecule has 1 fully saturated rings. The SMILES string of the molecule is O=C([S-])N1CCN(c2ccc(C(F)(F)F)cc2)CC1.[Na+]. The Kier molecular flexibility index (Phi) is 6.12. The molecule has 2 rings (SSSR count). The molecular formula is C12H12F3N2NaOS. The van der Waals surface area contributed by atoms with Crippen LogP contribution in [-0.4, -0.2) is 36.3 Å². The van der Waals surface area contributed by atoms with Gasteiger partial charge < -0.3 is 27.2 Å². The molecule has 1 aromatic rings. The van der Waals surface area contributed by atoms with Gasteiger partial charge in [0.15, 0.2) is 0 Å². The Bertz CT molecular complexity index is 459. The van der Waals surface area contributed by atoms with Crippen LogP contribution in [0.5, 0.6) is 0 Å². The molecule has 1 amide bonds. The van der Waals surface area contributed by atoms with Crippen molar-refractivity contribution >= 4 is 23.6 Å². The minimum absolute atomic E-state index is 0. The first-order chi connectivity index (χ1) is 8.88. The molecule has 1 aromatic carbocycles. The maximum Gasteiger partial charge on any atom is 1.00 e. The van der Waals surface area contributed by atoms with E-state index in [-0.39, 0.29) is 34.8 Å². The molecule has 0 aromatic heterocycles. The summed E-state index contributed by atoms with van der Waals surface area (Å²) < 4.78 is 37.3. The van der Waals surface area contributed by atoms with Crippen LogP contribution in [0, 0.1) is 0 Å². The van der Waals surface area contributed by atoms with Crippen molar-refractivity contribution in [1.82, 2.24) is 4.90 Å². The number of hydrogen-bond donors (Lipinski definition) is 0. The molecule has 0 bridgehead atoms. The van der Waals surface area contributed by atoms with E-state index < -0.39 is 11.7 Å². The molecule has 1 heterocycles. The Balaban J connectivity index is 0.00000200. The average molecular weight is 312 g/mol. The molecule has 0 atom stereocenters. The third-order valence-electron chi connectivity index (χ3n) is 3.10. The van der Waals surface area contributed by atoms with Gasteiger partial charge in [0.1, 0.15) is 5.24 Å². The van der Waals surface area contributed by atoms with Crippen molar-refractivity contribution in [1.29, 1.82) is 0 Å². The first kappa shape index (κ1) is 17.6. The van der Waals surface area contributed by atoms with Crippen LogP contribution in [0.15, 0.2) is 24.3 Å². The fourth-order valence-corrected chi connectivity index (χ4v) is 2.19. The Morgan fingerprint density at radius 3 is 1.95 bits per heavy atom. The van der Waals surface area contributed by atoms with Crippen LogP contribution in [-0.2, 0) is 18.8 Å². The predicted octanol–water partition coefficient (Wildman–Crippen LogP) is -0.502. The summed E-state index contributed by atoms with van der Waals surface area (Å²) in [6, 6.07) is 5.04. The maximum atomic E-state index is 12.4. The van der Waals surface area contributed by atoms with E-state index in [1.54, 1.807) is 4.90 Å². The van der Waals surface area contributed by atoms with E-state index in [1.165, 1.54) is 12.1 Å². The minimum Gasteiger partial charge on any atom is -0.719 e. The summed E-state index contributed by atoms with van der Waals surface area (Å²) in [5.41, 5.74) is 0.0695. The molecule has 0 aliphatic carbocycles. The van der Waals surface area contributed by atoms with Crippen molar-refractivity contribution in [3.05, 3.63) is 29.8 Å². The van der Waals surface area contributed by atoms with Crippen LogP contribution < -0.4 is 34.5 Å². The third kappa shape index (κ3) is 4.25. The average Bonchev–Trinajstić information content (AvgIpc) is 2.38. The van der Waals surface area contributed by atoms with Crippen molar-refractivity contribution in [2.24, 2.45) is 0 Å². The number of carbonyl (C=O) groups is 1. The van der Waals surface area contributed by atoms with Gasteiger partial charge in [0.05, 0.1) is 5.56 Å². The van der Waals surface area contributed by atoms with Crippen molar-refractivity contribution in [2.45, 2.75) is 6.18 Å². The van der Waals surface area contributed by atoms with Crippen LogP contribution in [0.25, 0.3) is 0 Å². The number of alkyl halides is 3. The molecular weight excluding hydrogens is 300 g/mol. The van der Waals surface area contributed by atoms with Gasteiger partial charge in [-0.1, -0.05) is 0 Å². The molecule has 8 heteroatoms. The molecule has 1 aliphatic heterocycles. The van der Waals surface area contributed by atoms with E-state index in [2.05, 4.69) is 12.6 Å². The summed E-state index contributed by atoms with van der Waals surface area (Å²) in [4.78, 5) is 14.5. The standard InChI is InChI=1S/C12H13F3N2OS.Na/c13-12(14,15)9-1-3-10(4-2-9)16-5-7-17(8-6-16)11(18)19;/h1-4H,5-8H2,(H,18,19);/q;+1/p-1. The summed E-state index contributed by atoms with van der Waals surface area (Å²) in [5, 5.41) is -0.382. The first-order valence-corrected chi connectivity index (χ1v) is 6.17. The van der Waals surface area contributed by atoms with Crippen LogP contribution in [0.4, 0.5) is 23.7 Å². The van der Waals surface area contributed by atoms with Gasteiger partial charge in [-0.15, -0.1) is 0 Å². The molecule has 3 nitrogen and oxygen atoms in total. The monoisotopic (exact) mass is 312 g/mol. The van der Waals surface area contributed by atoms with Crippen molar-refractivity contribution in [3.63, 3.8) is 0 Å². The third-order valence-corrected chi connectivity index (χ3v) is 3.36. The fourth-order valence-electron chi connectivity index (χ4n) is 2.01. The topological polar surface area (TPSA) is 23.6 Å². The molecule has 0 N–H and O–H groups in total. The van der Waals surface area contributed by atoms with E-state index >= 15 is 0 Å². The first-order valence-electron chi connectivity index (χ1n) is 5.76. The minimum atomic E-state index is -4.31. The number of carbonyl (C=O) groups excluding carboxylic acids is 1. The predicted molar refractivity (Wildman–Crippen MR) is 68.0 cm³/mol. The molecule has 20 heavy (non-hydrogen) atoms. The Morgan fingerprint density at radius 2 is 1.55 bits per heavy atom. The van der Waals surface area contributed by atoms with Crippen LogP contribution in [0.1, 0.15) is 5.56 Å². The second-order valence-corrected chi connectivity index (χ2v) is 4.63. The zero-order valence-corrected chi connectivity index (χ0v) is 13.8. The van der Waals surface area contributed by atoms with Crippen LogP contribution in [0.3, 0.4) is 0 Å². The largest absolute Gasteiger partial charge is 1.00 e. The molecule has 0 unspecified atom stereocenters. The van der Waals surface area contributed by atoms with Gasteiger partial charge in [-0.25, -0.2) is 0 Å². The number of benzene rings is 1. The van der Waals surface area contributed by atoms with E-state index in [9.17, 15) is 18.0 Å². The number of rotatable bonds is 1. The summed E-state index contributed by atoms with van der Waals surface area (Å²) in [6.45, 7) is 2.16. The second kappa shape index (κ2) is 6.98. The van der Waals surface area contributed by atoms with E-state index in [0.29, 0.717) is 26.2 Å². The van der Waals surface area contributed by atoms with Gasteiger partial charge in [0, 0.05) is 31.9 Å². The summed E-state index contributed by atoms with van der Waals surface area (Å²) in [6.07, 6.45) is -4.31. The van der Waals surface area contributed by atoms with Crippen LogP contribution >= 0.6 is 0 Å². The van der Waals surface area contributed by atoms with E-state index in [0.717, 1.165) is 17.8 Å². The number of hydrogen-bond acceptors (Lipinski definition) is 3. The van der Waals surface area contributed by atoms with Gasteiger partial charge in [-0.2, -0.15) is 13.2 Å². The van der Waals surface area contributed by atoms with Gasteiger partial charge in [0.2, 0.25) is 0 Å². The van der Waals surface area contributed by atoms with Crippen molar-refractivity contribution in [2.75, 3.05) is 31.1 Å². The molecule has 1 saturated heterocycles. The summed E-state index contributed by atoms with van der Waals surface area (Å²) >= 11 is 4.56. The Hall–Kier alpha value is -0.500. The fraction of sp³-hybridized carbons (Fsp3) is 0.417. The molecule has 0 radical (unpaired) electrons. The second-order valence-electron chi connectivity index (χ2n) is 4.28. The molecule has 0 saturated carbocycles. The maximum absolute atomic E-state index is 12.4. The normalized spacial score (nSPS) is 15.8. The summed E-state index contributed by atoms with van der Waals surface area (Å²) in [7, 11) is 0. The number of halogens is 3. The van der Waals surface area contributed by atoms with Crippen molar-refractivity contribution < 1.29 is 47.5 Å². The number of amides is 1. The Morgan fingerprint density at radius 1 is 1.05 bits per heavy atom. The number of anilines is 1. The quantitative estimate of drug-likeness (QED) is 0.516. The summed E-state index contributed by atoms with van der Waals surface area (Å²) in [5.74, 6) is 0.